The summed E-state index contributed by atoms with van der Waals surface area (Å²) >= 11 is 0. The van der Waals surface area contributed by atoms with E-state index in [9.17, 15) is 0 Å². The Bertz CT molecular complexity index is 228. The molecule has 0 saturated carbocycles. The molecule has 3 heteroatoms. The van der Waals surface area contributed by atoms with Crippen LogP contribution in [-0.2, 0) is 4.74 Å². The van der Waals surface area contributed by atoms with Gasteiger partial charge in [0.1, 0.15) is 0 Å². The van der Waals surface area contributed by atoms with Gasteiger partial charge in [-0.2, -0.15) is 0 Å². The largest absolute Gasteiger partial charge is 0.381 e. The highest BCUT2D eigenvalue weighted by Gasteiger charge is 2.31. The normalized spacial score (nSPS) is 34.1. The minimum absolute atomic E-state index is 0.883. The molecule has 1 atom stereocenters. The fourth-order valence-electron chi connectivity index (χ4n) is 3.52. The van der Waals surface area contributed by atoms with Crippen molar-refractivity contribution in [3.8, 4) is 0 Å². The smallest absolute Gasteiger partial charge is 0.0469 e. The van der Waals surface area contributed by atoms with Gasteiger partial charge in [0.25, 0.3) is 0 Å². The van der Waals surface area contributed by atoms with Crippen LogP contribution in [0.4, 0.5) is 0 Å². The van der Waals surface area contributed by atoms with Crippen LogP contribution in [0.2, 0.25) is 0 Å². The van der Waals surface area contributed by atoms with Gasteiger partial charge in [-0.25, -0.2) is 0 Å². The fourth-order valence-corrected chi connectivity index (χ4v) is 3.52. The van der Waals surface area contributed by atoms with Crippen LogP contribution in [0, 0.1) is 5.92 Å². The third kappa shape index (κ3) is 2.41. The first-order chi connectivity index (χ1) is 7.92. The molecular formula is C13H24N2O. The third-order valence-corrected chi connectivity index (χ3v) is 4.53. The summed E-state index contributed by atoms with van der Waals surface area (Å²) in [5, 5.41) is 0. The van der Waals surface area contributed by atoms with E-state index in [1.807, 2.05) is 0 Å². The molecule has 1 unspecified atom stereocenters. The Morgan fingerprint density at radius 3 is 2.75 bits per heavy atom. The first-order valence-corrected chi connectivity index (χ1v) is 6.96. The number of hydrogen-bond donors (Lipinski definition) is 0. The summed E-state index contributed by atoms with van der Waals surface area (Å²) in [5.74, 6) is 0.904. The van der Waals surface area contributed by atoms with Crippen molar-refractivity contribution in [1.82, 2.24) is 9.80 Å². The molecule has 3 fully saturated rings. The van der Waals surface area contributed by atoms with Crippen molar-refractivity contribution in [2.45, 2.75) is 31.7 Å². The summed E-state index contributed by atoms with van der Waals surface area (Å²) in [4.78, 5) is 5.41. The quantitative estimate of drug-likeness (QED) is 0.701. The zero-order valence-electron chi connectivity index (χ0n) is 10.2. The molecule has 0 N–H and O–H groups in total. The van der Waals surface area contributed by atoms with Gasteiger partial charge in [-0.3, -0.25) is 4.90 Å². The van der Waals surface area contributed by atoms with Gasteiger partial charge in [-0.05, 0) is 38.1 Å². The van der Waals surface area contributed by atoms with Gasteiger partial charge in [0.15, 0.2) is 0 Å². The lowest BCUT2D eigenvalue weighted by Gasteiger charge is -2.39. The molecule has 3 heterocycles. The average Bonchev–Trinajstić information content (AvgIpc) is 2.77. The Balaban J connectivity index is 1.48. The van der Waals surface area contributed by atoms with Crippen LogP contribution in [0.1, 0.15) is 25.7 Å². The van der Waals surface area contributed by atoms with Crippen LogP contribution in [0.15, 0.2) is 0 Å². The molecule has 0 amide bonds. The standard InChI is InChI=1S/C13H24N2O/c1-2-13-11-14(6-7-15(13)5-1)10-12-3-8-16-9-4-12/h12-13H,1-11H2. The maximum atomic E-state index is 5.43. The van der Waals surface area contributed by atoms with E-state index in [1.54, 1.807) is 0 Å². The first kappa shape index (κ1) is 11.0. The van der Waals surface area contributed by atoms with Crippen molar-refractivity contribution in [3.05, 3.63) is 0 Å². The Hall–Kier alpha value is -0.120. The highest BCUT2D eigenvalue weighted by Crippen LogP contribution is 2.23. The number of nitrogens with zero attached hydrogens (tertiary/aromatic N) is 2. The zero-order chi connectivity index (χ0) is 10.8. The number of rotatable bonds is 2. The molecule has 3 aliphatic heterocycles. The summed E-state index contributed by atoms with van der Waals surface area (Å²) in [6.45, 7) is 8.62. The minimum atomic E-state index is 0.883. The van der Waals surface area contributed by atoms with E-state index < -0.39 is 0 Å². The van der Waals surface area contributed by atoms with Crippen LogP contribution in [0.5, 0.6) is 0 Å². The lowest BCUT2D eigenvalue weighted by Crippen LogP contribution is -2.51. The molecule has 0 aromatic carbocycles. The van der Waals surface area contributed by atoms with Gasteiger partial charge < -0.3 is 9.64 Å². The predicted molar refractivity (Wildman–Crippen MR) is 64.6 cm³/mol. The Labute approximate surface area is 98.7 Å². The maximum Gasteiger partial charge on any atom is 0.0469 e. The van der Waals surface area contributed by atoms with E-state index >= 15 is 0 Å². The van der Waals surface area contributed by atoms with Crippen LogP contribution in [0.25, 0.3) is 0 Å². The van der Waals surface area contributed by atoms with Gasteiger partial charge in [0.05, 0.1) is 0 Å². The molecule has 16 heavy (non-hydrogen) atoms. The maximum absolute atomic E-state index is 5.43. The Kier molecular flexibility index (Phi) is 3.46. The van der Waals surface area contributed by atoms with Crippen molar-refractivity contribution in [2.24, 2.45) is 5.92 Å². The van der Waals surface area contributed by atoms with Gasteiger partial charge in [0, 0.05) is 45.4 Å². The first-order valence-electron chi connectivity index (χ1n) is 6.96. The molecular weight excluding hydrogens is 200 g/mol. The molecule has 0 aromatic heterocycles. The summed E-state index contributed by atoms with van der Waals surface area (Å²) in [6, 6.07) is 0.883. The van der Waals surface area contributed by atoms with E-state index in [0.717, 1.165) is 25.2 Å². The summed E-state index contributed by atoms with van der Waals surface area (Å²) in [7, 11) is 0. The van der Waals surface area contributed by atoms with Gasteiger partial charge in [0.2, 0.25) is 0 Å². The van der Waals surface area contributed by atoms with Gasteiger partial charge in [-0.15, -0.1) is 0 Å². The average molecular weight is 224 g/mol. The van der Waals surface area contributed by atoms with E-state index in [1.165, 1.54) is 58.4 Å². The van der Waals surface area contributed by atoms with Crippen molar-refractivity contribution >= 4 is 0 Å². The van der Waals surface area contributed by atoms with Crippen molar-refractivity contribution < 1.29 is 4.74 Å². The molecule has 92 valence electrons. The van der Waals surface area contributed by atoms with E-state index in [0.29, 0.717) is 0 Å². The zero-order valence-corrected chi connectivity index (χ0v) is 10.2. The van der Waals surface area contributed by atoms with E-state index in [2.05, 4.69) is 9.80 Å². The highest BCUT2D eigenvalue weighted by molar-refractivity contribution is 4.87. The highest BCUT2D eigenvalue weighted by atomic mass is 16.5. The summed E-state index contributed by atoms with van der Waals surface area (Å²) in [5.41, 5.74) is 0. The monoisotopic (exact) mass is 224 g/mol. The van der Waals surface area contributed by atoms with Gasteiger partial charge >= 0.3 is 0 Å². The van der Waals surface area contributed by atoms with Crippen LogP contribution < -0.4 is 0 Å². The second-order valence-corrected chi connectivity index (χ2v) is 5.65. The number of hydrogen-bond acceptors (Lipinski definition) is 3. The molecule has 3 rings (SSSR count). The SMILES string of the molecule is C1CC2CN(CC3CCOCC3)CCN2C1. The molecule has 3 aliphatic rings. The number of ether oxygens (including phenoxy) is 1. The van der Waals surface area contributed by atoms with E-state index in [-0.39, 0.29) is 0 Å². The lowest BCUT2D eigenvalue weighted by atomic mass is 9.99. The Morgan fingerprint density at radius 2 is 1.88 bits per heavy atom. The lowest BCUT2D eigenvalue weighted by molar-refractivity contribution is 0.0360. The molecule has 0 aromatic rings. The van der Waals surface area contributed by atoms with Crippen LogP contribution in [0.3, 0.4) is 0 Å². The number of fused-ring (bicyclic) bond motifs is 1. The van der Waals surface area contributed by atoms with E-state index in [4.69, 9.17) is 4.74 Å². The van der Waals surface area contributed by atoms with Crippen LogP contribution >= 0.6 is 0 Å². The van der Waals surface area contributed by atoms with Crippen LogP contribution in [-0.4, -0.2) is 61.8 Å². The fraction of sp³-hybridized carbons (Fsp3) is 1.00. The molecule has 0 spiro atoms. The third-order valence-electron chi connectivity index (χ3n) is 4.53. The van der Waals surface area contributed by atoms with Gasteiger partial charge in [-0.1, -0.05) is 0 Å². The van der Waals surface area contributed by atoms with Crippen molar-refractivity contribution in [1.29, 1.82) is 0 Å². The topological polar surface area (TPSA) is 15.7 Å². The Morgan fingerprint density at radius 1 is 1.00 bits per heavy atom. The second-order valence-electron chi connectivity index (χ2n) is 5.65. The molecule has 3 saturated heterocycles. The van der Waals surface area contributed by atoms with Crippen molar-refractivity contribution in [2.75, 3.05) is 45.9 Å². The second kappa shape index (κ2) is 5.03. The molecule has 0 bridgehead atoms. The van der Waals surface area contributed by atoms with Crippen molar-refractivity contribution in [3.63, 3.8) is 0 Å². The molecule has 0 aliphatic carbocycles. The molecule has 3 nitrogen and oxygen atoms in total. The summed E-state index contributed by atoms with van der Waals surface area (Å²) < 4.78 is 5.43. The number of piperazine rings is 1. The predicted octanol–water partition coefficient (Wildman–Crippen LogP) is 1.19. The minimum Gasteiger partial charge on any atom is -0.381 e. The molecule has 0 radical (unpaired) electrons. The summed E-state index contributed by atoms with van der Waals surface area (Å²) in [6.07, 6.45) is 5.43.